The molecular formula is C34H32N4O6. The van der Waals surface area contributed by atoms with Gasteiger partial charge in [0.1, 0.15) is 11.5 Å². The number of carbonyl (C=O) groups is 4. The molecule has 0 aromatic heterocycles. The summed E-state index contributed by atoms with van der Waals surface area (Å²) >= 11 is 0. The van der Waals surface area contributed by atoms with Gasteiger partial charge in [-0.2, -0.15) is 5.10 Å². The Bertz CT molecular complexity index is 1710. The van der Waals surface area contributed by atoms with Crippen molar-refractivity contribution in [3.8, 4) is 11.5 Å². The average molecular weight is 593 g/mol. The van der Waals surface area contributed by atoms with E-state index in [0.717, 1.165) is 37.5 Å². The fourth-order valence-electron chi connectivity index (χ4n) is 5.07. The largest absolute Gasteiger partial charge is 0.497 e. The smallest absolute Gasteiger partial charge is 0.343 e. The molecule has 1 fully saturated rings. The molecule has 44 heavy (non-hydrogen) atoms. The number of methoxy groups -OCH3 is 1. The summed E-state index contributed by atoms with van der Waals surface area (Å²) in [4.78, 5) is 51.2. The second-order valence-corrected chi connectivity index (χ2v) is 10.3. The molecule has 0 bridgehead atoms. The van der Waals surface area contributed by atoms with Crippen LogP contribution in [0.25, 0.3) is 10.8 Å². The molecule has 0 spiro atoms. The molecule has 0 saturated heterocycles. The van der Waals surface area contributed by atoms with Gasteiger partial charge in [-0.3, -0.25) is 14.4 Å². The number of carbonyl (C=O) groups excluding carboxylic acids is 4. The number of rotatable bonds is 8. The monoisotopic (exact) mass is 592 g/mol. The number of amides is 3. The number of para-hydroxylation sites is 1. The molecule has 0 atom stereocenters. The third-order valence-corrected chi connectivity index (χ3v) is 7.39. The summed E-state index contributed by atoms with van der Waals surface area (Å²) in [6, 6.07) is 23.9. The maximum Gasteiger partial charge on any atom is 0.343 e. The molecule has 0 aliphatic heterocycles. The van der Waals surface area contributed by atoms with Crippen molar-refractivity contribution in [2.45, 2.75) is 38.1 Å². The fourth-order valence-corrected chi connectivity index (χ4v) is 5.07. The number of ether oxygens (including phenoxy) is 2. The predicted octanol–water partition coefficient (Wildman–Crippen LogP) is 5.22. The Morgan fingerprint density at radius 3 is 2.32 bits per heavy atom. The van der Waals surface area contributed by atoms with E-state index in [-0.39, 0.29) is 28.9 Å². The lowest BCUT2D eigenvalue weighted by molar-refractivity contribution is -0.136. The molecule has 224 valence electrons. The van der Waals surface area contributed by atoms with Gasteiger partial charge in [-0.15, -0.1) is 0 Å². The van der Waals surface area contributed by atoms with Crippen LogP contribution >= 0.6 is 0 Å². The molecular weight excluding hydrogens is 560 g/mol. The minimum atomic E-state index is -1.04. The summed E-state index contributed by atoms with van der Waals surface area (Å²) in [6.45, 7) is 0. The third kappa shape index (κ3) is 7.27. The first-order valence-corrected chi connectivity index (χ1v) is 14.3. The Hall–Kier alpha value is -5.51. The number of esters is 1. The van der Waals surface area contributed by atoms with Gasteiger partial charge in [-0.1, -0.05) is 61.7 Å². The molecule has 0 heterocycles. The standard InChI is InChI=1S/C34H32N4O6/c1-43-25-18-15-23(16-19-25)34(42)44-30-20-17-22-9-5-6-12-26(22)28(30)21-35-38-33(41)32(40)37-29-14-8-7-13-27(29)31(39)36-24-10-3-2-4-11-24/h5-9,12-21,24H,2-4,10-11H2,1H3,(H,36,39)(H,37,40)(H,38,41)/b35-21+. The molecule has 0 unspecified atom stereocenters. The first-order valence-electron chi connectivity index (χ1n) is 14.3. The van der Waals surface area contributed by atoms with Crippen molar-refractivity contribution in [2.24, 2.45) is 5.10 Å². The molecule has 0 radical (unpaired) electrons. The molecule has 5 rings (SSSR count). The van der Waals surface area contributed by atoms with Crippen LogP contribution in [0.5, 0.6) is 11.5 Å². The van der Waals surface area contributed by atoms with Crippen LogP contribution in [-0.4, -0.2) is 43.1 Å². The topological polar surface area (TPSA) is 135 Å². The Balaban J connectivity index is 1.28. The number of hydrogen-bond donors (Lipinski definition) is 3. The van der Waals surface area contributed by atoms with E-state index >= 15 is 0 Å². The zero-order valence-corrected chi connectivity index (χ0v) is 24.2. The van der Waals surface area contributed by atoms with E-state index in [9.17, 15) is 19.2 Å². The van der Waals surface area contributed by atoms with Gasteiger partial charge >= 0.3 is 17.8 Å². The lowest BCUT2D eigenvalue weighted by atomic mass is 9.95. The molecule has 3 N–H and O–H groups in total. The van der Waals surface area contributed by atoms with Crippen LogP contribution < -0.4 is 25.5 Å². The number of nitrogens with zero attached hydrogens (tertiary/aromatic N) is 1. The van der Waals surface area contributed by atoms with Crippen LogP contribution in [0.15, 0.2) is 90.0 Å². The van der Waals surface area contributed by atoms with Gasteiger partial charge in [0, 0.05) is 11.6 Å². The number of anilines is 1. The summed E-state index contributed by atoms with van der Waals surface area (Å²) in [5.74, 6) is -2.12. The Kier molecular flexibility index (Phi) is 9.61. The zero-order chi connectivity index (χ0) is 30.9. The van der Waals surface area contributed by atoms with Crippen molar-refractivity contribution >= 4 is 46.4 Å². The van der Waals surface area contributed by atoms with Gasteiger partial charge < -0.3 is 20.1 Å². The van der Waals surface area contributed by atoms with Crippen LogP contribution in [0.4, 0.5) is 5.69 Å². The predicted molar refractivity (Wildman–Crippen MR) is 167 cm³/mol. The second kappa shape index (κ2) is 14.1. The normalized spacial score (nSPS) is 13.3. The third-order valence-electron chi connectivity index (χ3n) is 7.39. The number of nitrogens with one attached hydrogen (secondary N) is 3. The summed E-state index contributed by atoms with van der Waals surface area (Å²) in [5.41, 5.74) is 3.44. The quantitative estimate of drug-likeness (QED) is 0.0844. The highest BCUT2D eigenvalue weighted by Gasteiger charge is 2.21. The Morgan fingerprint density at radius 2 is 1.55 bits per heavy atom. The van der Waals surface area contributed by atoms with Crippen LogP contribution in [0, 0.1) is 0 Å². The van der Waals surface area contributed by atoms with E-state index in [1.54, 1.807) is 60.7 Å². The molecule has 1 saturated carbocycles. The highest BCUT2D eigenvalue weighted by Crippen LogP contribution is 2.28. The summed E-state index contributed by atoms with van der Waals surface area (Å²) in [7, 11) is 1.53. The minimum Gasteiger partial charge on any atom is -0.497 e. The van der Waals surface area contributed by atoms with Gasteiger partial charge in [0.2, 0.25) is 0 Å². The van der Waals surface area contributed by atoms with Gasteiger partial charge in [-0.05, 0) is 66.1 Å². The first kappa shape index (κ1) is 30.0. The van der Waals surface area contributed by atoms with Crippen LogP contribution in [0.1, 0.15) is 58.4 Å². The van der Waals surface area contributed by atoms with Crippen molar-refractivity contribution in [1.82, 2.24) is 10.7 Å². The lowest BCUT2D eigenvalue weighted by Gasteiger charge is -2.23. The maximum absolute atomic E-state index is 12.9. The average Bonchev–Trinajstić information content (AvgIpc) is 3.06. The highest BCUT2D eigenvalue weighted by molar-refractivity contribution is 6.40. The van der Waals surface area contributed by atoms with Crippen LogP contribution in [0.2, 0.25) is 0 Å². The van der Waals surface area contributed by atoms with E-state index in [1.807, 2.05) is 24.3 Å². The Labute approximate surface area is 254 Å². The molecule has 4 aromatic rings. The van der Waals surface area contributed by atoms with E-state index in [4.69, 9.17) is 9.47 Å². The van der Waals surface area contributed by atoms with Crippen molar-refractivity contribution in [3.63, 3.8) is 0 Å². The summed E-state index contributed by atoms with van der Waals surface area (Å²) < 4.78 is 10.8. The summed E-state index contributed by atoms with van der Waals surface area (Å²) in [6.07, 6.45) is 6.44. The molecule has 10 heteroatoms. The minimum absolute atomic E-state index is 0.0899. The van der Waals surface area contributed by atoms with Gasteiger partial charge in [0.05, 0.1) is 30.1 Å². The SMILES string of the molecule is COc1ccc(C(=O)Oc2ccc3ccccc3c2/C=N/NC(=O)C(=O)Nc2ccccc2C(=O)NC2CCCCC2)cc1. The fraction of sp³-hybridized carbons (Fsp3) is 0.206. The van der Waals surface area contributed by atoms with E-state index in [0.29, 0.717) is 22.3 Å². The summed E-state index contributed by atoms with van der Waals surface area (Å²) in [5, 5.41) is 11.1. The van der Waals surface area contributed by atoms with Gasteiger partial charge in [0.25, 0.3) is 5.91 Å². The van der Waals surface area contributed by atoms with Crippen molar-refractivity contribution in [3.05, 3.63) is 102 Å². The zero-order valence-electron chi connectivity index (χ0n) is 24.2. The van der Waals surface area contributed by atoms with Crippen molar-refractivity contribution < 1.29 is 28.7 Å². The van der Waals surface area contributed by atoms with E-state index < -0.39 is 17.8 Å². The van der Waals surface area contributed by atoms with E-state index in [1.165, 1.54) is 13.3 Å². The molecule has 4 aromatic carbocycles. The molecule has 3 amide bonds. The van der Waals surface area contributed by atoms with Crippen LogP contribution in [-0.2, 0) is 9.59 Å². The van der Waals surface area contributed by atoms with E-state index in [2.05, 4.69) is 21.2 Å². The van der Waals surface area contributed by atoms with Crippen LogP contribution in [0.3, 0.4) is 0 Å². The molecule has 1 aliphatic rings. The van der Waals surface area contributed by atoms with Gasteiger partial charge in [0.15, 0.2) is 0 Å². The second-order valence-electron chi connectivity index (χ2n) is 10.3. The molecule has 10 nitrogen and oxygen atoms in total. The number of benzene rings is 4. The number of fused-ring (bicyclic) bond motifs is 1. The highest BCUT2D eigenvalue weighted by atomic mass is 16.5. The van der Waals surface area contributed by atoms with Crippen molar-refractivity contribution in [1.29, 1.82) is 0 Å². The Morgan fingerprint density at radius 1 is 0.818 bits per heavy atom. The molecule has 1 aliphatic carbocycles. The first-order chi connectivity index (χ1) is 21.4. The number of hydrogen-bond acceptors (Lipinski definition) is 7. The van der Waals surface area contributed by atoms with Crippen molar-refractivity contribution in [2.75, 3.05) is 12.4 Å². The maximum atomic E-state index is 12.9. The lowest BCUT2D eigenvalue weighted by Crippen LogP contribution is -2.37. The van der Waals surface area contributed by atoms with Gasteiger partial charge in [-0.25, -0.2) is 10.2 Å². The number of hydrazone groups is 1.